The molecule has 1 N–H and O–H groups in total. The fourth-order valence-electron chi connectivity index (χ4n) is 2.06. The molecule has 0 spiro atoms. The highest BCUT2D eigenvalue weighted by molar-refractivity contribution is 7.09. The van der Waals surface area contributed by atoms with Crippen LogP contribution in [0.1, 0.15) is 30.5 Å². The van der Waals surface area contributed by atoms with E-state index < -0.39 is 0 Å². The van der Waals surface area contributed by atoms with Gasteiger partial charge in [0.1, 0.15) is 0 Å². The van der Waals surface area contributed by atoms with E-state index in [4.69, 9.17) is 0 Å². The Bertz CT molecular complexity index is 433. The summed E-state index contributed by atoms with van der Waals surface area (Å²) < 4.78 is 2.07. The molecule has 0 aromatic carbocycles. The minimum absolute atomic E-state index is 0.362. The SMILES string of the molecule is CCNC(Cc1cccs1)c1ccnn1CC. The van der Waals surface area contributed by atoms with E-state index >= 15 is 0 Å². The predicted octanol–water partition coefficient (Wildman–Crippen LogP) is 2.86. The number of nitrogens with zero attached hydrogens (tertiary/aromatic N) is 2. The quantitative estimate of drug-likeness (QED) is 0.853. The first-order valence-corrected chi connectivity index (χ1v) is 7.00. The average molecular weight is 249 g/mol. The standard InChI is InChI=1S/C13H19N3S/c1-3-14-12(10-11-6-5-9-17-11)13-7-8-15-16(13)4-2/h5-9,12,14H,3-4,10H2,1-2H3. The molecular weight excluding hydrogens is 230 g/mol. The van der Waals surface area contributed by atoms with E-state index in [0.717, 1.165) is 19.5 Å². The van der Waals surface area contributed by atoms with Crippen LogP contribution in [0.15, 0.2) is 29.8 Å². The monoisotopic (exact) mass is 249 g/mol. The molecule has 0 aliphatic heterocycles. The first kappa shape index (κ1) is 12.3. The molecule has 0 bridgehead atoms. The number of likely N-dealkylation sites (N-methyl/N-ethyl adjacent to an activating group) is 1. The van der Waals surface area contributed by atoms with Crippen LogP contribution >= 0.6 is 11.3 Å². The van der Waals surface area contributed by atoms with Crippen molar-refractivity contribution in [2.45, 2.75) is 32.9 Å². The Morgan fingerprint density at radius 2 is 2.29 bits per heavy atom. The molecule has 17 heavy (non-hydrogen) atoms. The lowest BCUT2D eigenvalue weighted by molar-refractivity contribution is 0.492. The van der Waals surface area contributed by atoms with Gasteiger partial charge in [-0.1, -0.05) is 13.0 Å². The van der Waals surface area contributed by atoms with Crippen molar-refractivity contribution in [3.8, 4) is 0 Å². The zero-order valence-corrected chi connectivity index (χ0v) is 11.2. The molecule has 2 heterocycles. The van der Waals surface area contributed by atoms with Crippen LogP contribution in [0.5, 0.6) is 0 Å². The summed E-state index contributed by atoms with van der Waals surface area (Å²) in [6.45, 7) is 6.18. The van der Waals surface area contributed by atoms with Gasteiger partial charge in [-0.2, -0.15) is 5.10 Å². The summed E-state index contributed by atoms with van der Waals surface area (Å²) in [5, 5.41) is 10.0. The largest absolute Gasteiger partial charge is 0.309 e. The number of aromatic nitrogens is 2. The van der Waals surface area contributed by atoms with E-state index in [1.165, 1.54) is 10.6 Å². The van der Waals surface area contributed by atoms with Gasteiger partial charge >= 0.3 is 0 Å². The fourth-order valence-corrected chi connectivity index (χ4v) is 2.81. The summed E-state index contributed by atoms with van der Waals surface area (Å²) in [5.74, 6) is 0. The van der Waals surface area contributed by atoms with Gasteiger partial charge in [-0.25, -0.2) is 0 Å². The molecule has 4 heteroatoms. The number of thiophene rings is 1. The predicted molar refractivity (Wildman–Crippen MR) is 72.3 cm³/mol. The van der Waals surface area contributed by atoms with E-state index in [0.29, 0.717) is 6.04 Å². The van der Waals surface area contributed by atoms with Crippen molar-refractivity contribution < 1.29 is 0 Å². The maximum absolute atomic E-state index is 4.35. The lowest BCUT2D eigenvalue weighted by atomic mass is 10.1. The molecule has 1 unspecified atom stereocenters. The zero-order valence-electron chi connectivity index (χ0n) is 10.4. The lowest BCUT2D eigenvalue weighted by Gasteiger charge is -2.18. The van der Waals surface area contributed by atoms with Gasteiger partial charge in [0.25, 0.3) is 0 Å². The van der Waals surface area contributed by atoms with Gasteiger partial charge in [-0.05, 0) is 31.0 Å². The van der Waals surface area contributed by atoms with Crippen LogP contribution < -0.4 is 5.32 Å². The summed E-state index contributed by atoms with van der Waals surface area (Å²) in [7, 11) is 0. The summed E-state index contributed by atoms with van der Waals surface area (Å²) in [6.07, 6.45) is 2.93. The highest BCUT2D eigenvalue weighted by atomic mass is 32.1. The summed E-state index contributed by atoms with van der Waals surface area (Å²) in [6, 6.07) is 6.78. The van der Waals surface area contributed by atoms with E-state index in [1.54, 1.807) is 0 Å². The number of hydrogen-bond donors (Lipinski definition) is 1. The summed E-state index contributed by atoms with van der Waals surface area (Å²) in [4.78, 5) is 1.42. The third-order valence-corrected chi connectivity index (χ3v) is 3.74. The molecule has 0 aliphatic rings. The second-order valence-corrected chi connectivity index (χ2v) is 5.00. The van der Waals surface area contributed by atoms with E-state index in [2.05, 4.69) is 52.5 Å². The lowest BCUT2D eigenvalue weighted by Crippen LogP contribution is -2.25. The van der Waals surface area contributed by atoms with Crippen molar-refractivity contribution in [3.63, 3.8) is 0 Å². The van der Waals surface area contributed by atoms with Crippen LogP contribution in [-0.4, -0.2) is 16.3 Å². The number of nitrogens with one attached hydrogen (secondary N) is 1. The minimum atomic E-state index is 0.362. The number of hydrogen-bond acceptors (Lipinski definition) is 3. The number of rotatable bonds is 6. The molecule has 0 fully saturated rings. The van der Waals surface area contributed by atoms with Crippen LogP contribution in [0, 0.1) is 0 Å². The highest BCUT2D eigenvalue weighted by Crippen LogP contribution is 2.21. The van der Waals surface area contributed by atoms with Crippen LogP contribution in [0.4, 0.5) is 0 Å². The van der Waals surface area contributed by atoms with Gasteiger partial charge in [0, 0.05) is 24.0 Å². The third kappa shape index (κ3) is 2.96. The van der Waals surface area contributed by atoms with Crippen molar-refractivity contribution in [2.24, 2.45) is 0 Å². The van der Waals surface area contributed by atoms with Gasteiger partial charge in [-0.3, -0.25) is 4.68 Å². The first-order valence-electron chi connectivity index (χ1n) is 6.12. The van der Waals surface area contributed by atoms with Crippen molar-refractivity contribution in [1.82, 2.24) is 15.1 Å². The molecule has 92 valence electrons. The Kier molecular flexibility index (Phi) is 4.34. The van der Waals surface area contributed by atoms with Gasteiger partial charge < -0.3 is 5.32 Å². The van der Waals surface area contributed by atoms with E-state index in [-0.39, 0.29) is 0 Å². The Labute approximate surface area is 106 Å². The Morgan fingerprint density at radius 3 is 2.94 bits per heavy atom. The molecule has 2 rings (SSSR count). The van der Waals surface area contributed by atoms with Gasteiger partial charge in [0.05, 0.1) is 11.7 Å². The van der Waals surface area contributed by atoms with Gasteiger partial charge in [-0.15, -0.1) is 11.3 Å². The molecule has 0 saturated carbocycles. The molecule has 0 radical (unpaired) electrons. The van der Waals surface area contributed by atoms with Crippen LogP contribution in [0.2, 0.25) is 0 Å². The molecule has 3 nitrogen and oxygen atoms in total. The van der Waals surface area contributed by atoms with Crippen LogP contribution in [0.25, 0.3) is 0 Å². The van der Waals surface area contributed by atoms with E-state index in [1.807, 2.05) is 17.5 Å². The van der Waals surface area contributed by atoms with Gasteiger partial charge in [0.2, 0.25) is 0 Å². The maximum Gasteiger partial charge on any atom is 0.0557 e. The molecule has 2 aromatic rings. The fraction of sp³-hybridized carbons (Fsp3) is 0.462. The Morgan fingerprint density at radius 1 is 1.41 bits per heavy atom. The molecule has 0 aliphatic carbocycles. The second kappa shape index (κ2) is 5.98. The molecule has 0 amide bonds. The van der Waals surface area contributed by atoms with Crippen molar-refractivity contribution in [3.05, 3.63) is 40.3 Å². The maximum atomic E-state index is 4.35. The number of aryl methyl sites for hydroxylation is 1. The van der Waals surface area contributed by atoms with Crippen LogP contribution in [0.3, 0.4) is 0 Å². The zero-order chi connectivity index (χ0) is 12.1. The average Bonchev–Trinajstić information content (AvgIpc) is 2.98. The normalized spacial score (nSPS) is 12.8. The van der Waals surface area contributed by atoms with Gasteiger partial charge in [0.15, 0.2) is 0 Å². The first-order chi connectivity index (χ1) is 8.35. The Balaban J connectivity index is 2.16. The van der Waals surface area contributed by atoms with Crippen molar-refractivity contribution in [1.29, 1.82) is 0 Å². The summed E-state index contributed by atoms with van der Waals surface area (Å²) in [5.41, 5.74) is 1.28. The molecule has 1 atom stereocenters. The Hall–Kier alpha value is -1.13. The molecular formula is C13H19N3S. The van der Waals surface area contributed by atoms with Crippen molar-refractivity contribution >= 4 is 11.3 Å². The third-order valence-electron chi connectivity index (χ3n) is 2.84. The summed E-state index contributed by atoms with van der Waals surface area (Å²) >= 11 is 1.82. The highest BCUT2D eigenvalue weighted by Gasteiger charge is 2.15. The molecule has 0 saturated heterocycles. The van der Waals surface area contributed by atoms with E-state index in [9.17, 15) is 0 Å². The smallest absolute Gasteiger partial charge is 0.0557 e. The molecule has 2 aromatic heterocycles. The van der Waals surface area contributed by atoms with Crippen LogP contribution in [-0.2, 0) is 13.0 Å². The topological polar surface area (TPSA) is 29.9 Å². The second-order valence-electron chi connectivity index (χ2n) is 3.97. The minimum Gasteiger partial charge on any atom is -0.309 e. The van der Waals surface area contributed by atoms with Crippen molar-refractivity contribution in [2.75, 3.05) is 6.54 Å².